The Balaban J connectivity index is 3.34. The van der Waals surface area contributed by atoms with Crippen molar-refractivity contribution >= 4 is 17.3 Å². The summed E-state index contributed by atoms with van der Waals surface area (Å²) in [6.07, 6.45) is 2.19. The number of aliphatic hydroxyl groups is 2. The lowest BCUT2D eigenvalue weighted by atomic mass is 9.80. The molecule has 25 heavy (non-hydrogen) atoms. The van der Waals surface area contributed by atoms with Crippen molar-refractivity contribution in [2.75, 3.05) is 0 Å². The quantitative estimate of drug-likeness (QED) is 0.543. The van der Waals surface area contributed by atoms with Crippen molar-refractivity contribution in [3.63, 3.8) is 0 Å². The van der Waals surface area contributed by atoms with Crippen LogP contribution in [0.25, 0.3) is 0 Å². The zero-order valence-electron chi connectivity index (χ0n) is 16.0. The van der Waals surface area contributed by atoms with E-state index in [0.29, 0.717) is 0 Å². The molecular formula is C20H30O5. The Morgan fingerprint density at radius 2 is 1.64 bits per heavy atom. The van der Waals surface area contributed by atoms with Crippen molar-refractivity contribution in [1.82, 2.24) is 0 Å². The number of allylic oxidation sites excluding steroid dienone is 3. The van der Waals surface area contributed by atoms with Crippen LogP contribution in [0, 0.1) is 17.8 Å². The second-order valence-corrected chi connectivity index (χ2v) is 7.68. The number of Topliss-reactive ketones (excluding diaryl/α,β-unsaturated/α-hetero) is 3. The number of aliphatic hydroxyl groups excluding tert-OH is 1. The van der Waals surface area contributed by atoms with Gasteiger partial charge in [-0.15, -0.1) is 0 Å². The fraction of sp³-hybridized carbons (Fsp3) is 0.650. The molecule has 0 heterocycles. The minimum absolute atomic E-state index is 0.0474. The van der Waals surface area contributed by atoms with Gasteiger partial charge >= 0.3 is 0 Å². The van der Waals surface area contributed by atoms with E-state index < -0.39 is 46.8 Å². The van der Waals surface area contributed by atoms with Crippen LogP contribution < -0.4 is 0 Å². The number of rotatable bonds is 7. The summed E-state index contributed by atoms with van der Waals surface area (Å²) in [5.41, 5.74) is -0.375. The maximum atomic E-state index is 12.8. The van der Waals surface area contributed by atoms with Gasteiger partial charge < -0.3 is 10.2 Å². The highest BCUT2D eigenvalue weighted by molar-refractivity contribution is 6.27. The van der Waals surface area contributed by atoms with Crippen LogP contribution in [0.2, 0.25) is 0 Å². The van der Waals surface area contributed by atoms with Gasteiger partial charge in [-0.1, -0.05) is 37.1 Å². The standard InChI is InChI=1S/C20H30O5/c1-11(2)7-9-14-18(23)16(17(22)13(5)6)19(24)20(14,25)15(21)10-8-12(3)4/h7-8,13-16,21,25H,9-10H2,1-6H3/t14-,15+,16?,20-/m0/s1. The Morgan fingerprint density at radius 3 is 2.08 bits per heavy atom. The zero-order chi connectivity index (χ0) is 19.5. The number of ketones is 3. The molecule has 0 aliphatic heterocycles. The van der Waals surface area contributed by atoms with E-state index in [0.717, 1.165) is 11.1 Å². The summed E-state index contributed by atoms with van der Waals surface area (Å²) in [7, 11) is 0. The smallest absolute Gasteiger partial charge is 0.185 e. The third-order valence-electron chi connectivity index (χ3n) is 4.69. The Hall–Kier alpha value is -1.59. The average Bonchev–Trinajstić information content (AvgIpc) is 2.69. The molecule has 5 nitrogen and oxygen atoms in total. The van der Waals surface area contributed by atoms with E-state index in [1.165, 1.54) is 0 Å². The summed E-state index contributed by atoms with van der Waals surface area (Å²) in [6.45, 7) is 10.6. The molecule has 1 aliphatic carbocycles. The fourth-order valence-corrected chi connectivity index (χ4v) is 3.13. The number of carbonyl (C=O) groups excluding carboxylic acids is 3. The molecule has 5 heteroatoms. The fourth-order valence-electron chi connectivity index (χ4n) is 3.13. The van der Waals surface area contributed by atoms with Gasteiger partial charge in [-0.05, 0) is 40.5 Å². The third kappa shape index (κ3) is 4.33. The van der Waals surface area contributed by atoms with Gasteiger partial charge in [-0.3, -0.25) is 14.4 Å². The predicted octanol–water partition coefficient (Wildman–Crippen LogP) is 2.40. The average molecular weight is 350 g/mol. The first-order chi connectivity index (χ1) is 11.4. The second kappa shape index (κ2) is 8.19. The van der Waals surface area contributed by atoms with Gasteiger partial charge in [0.1, 0.15) is 5.92 Å². The number of carbonyl (C=O) groups is 3. The highest BCUT2D eigenvalue weighted by Crippen LogP contribution is 2.41. The molecule has 0 bridgehead atoms. The van der Waals surface area contributed by atoms with Crippen molar-refractivity contribution in [2.45, 2.75) is 66.1 Å². The molecule has 1 unspecified atom stereocenters. The van der Waals surface area contributed by atoms with E-state index >= 15 is 0 Å². The summed E-state index contributed by atoms with van der Waals surface area (Å²) in [5, 5.41) is 21.6. The summed E-state index contributed by atoms with van der Waals surface area (Å²) in [6, 6.07) is 0. The molecule has 0 spiro atoms. The number of hydrogen-bond donors (Lipinski definition) is 2. The zero-order valence-corrected chi connectivity index (χ0v) is 16.0. The van der Waals surface area contributed by atoms with Crippen LogP contribution in [0.3, 0.4) is 0 Å². The molecule has 1 rings (SSSR count). The molecule has 0 amide bonds. The molecule has 0 aromatic carbocycles. The van der Waals surface area contributed by atoms with E-state index in [4.69, 9.17) is 0 Å². The van der Waals surface area contributed by atoms with E-state index in [9.17, 15) is 24.6 Å². The minimum Gasteiger partial charge on any atom is -0.389 e. The first kappa shape index (κ1) is 21.5. The largest absolute Gasteiger partial charge is 0.389 e. The van der Waals surface area contributed by atoms with E-state index in [1.807, 2.05) is 27.7 Å². The van der Waals surface area contributed by atoms with Crippen LogP contribution in [0.15, 0.2) is 23.3 Å². The van der Waals surface area contributed by atoms with Gasteiger partial charge in [0, 0.05) is 5.92 Å². The Morgan fingerprint density at radius 1 is 1.12 bits per heavy atom. The molecular weight excluding hydrogens is 320 g/mol. The van der Waals surface area contributed by atoms with Crippen LogP contribution >= 0.6 is 0 Å². The van der Waals surface area contributed by atoms with Gasteiger partial charge in [-0.2, -0.15) is 0 Å². The molecule has 4 atom stereocenters. The summed E-state index contributed by atoms with van der Waals surface area (Å²) in [4.78, 5) is 38.0. The first-order valence-corrected chi connectivity index (χ1v) is 8.73. The van der Waals surface area contributed by atoms with Crippen LogP contribution in [-0.2, 0) is 14.4 Å². The van der Waals surface area contributed by atoms with Crippen molar-refractivity contribution in [2.24, 2.45) is 17.8 Å². The van der Waals surface area contributed by atoms with Gasteiger partial charge in [0.2, 0.25) is 0 Å². The van der Waals surface area contributed by atoms with Crippen molar-refractivity contribution < 1.29 is 24.6 Å². The highest BCUT2D eigenvalue weighted by atomic mass is 16.4. The Kier molecular flexibility index (Phi) is 7.03. The lowest BCUT2D eigenvalue weighted by molar-refractivity contribution is -0.155. The summed E-state index contributed by atoms with van der Waals surface area (Å²) in [5.74, 6) is -5.04. The van der Waals surface area contributed by atoms with Gasteiger partial charge in [0.25, 0.3) is 0 Å². The lowest BCUT2D eigenvalue weighted by Crippen LogP contribution is -2.52. The maximum absolute atomic E-state index is 12.8. The Labute approximate surface area is 149 Å². The normalized spacial score (nSPS) is 27.4. The van der Waals surface area contributed by atoms with Crippen LogP contribution in [-0.4, -0.2) is 39.3 Å². The minimum atomic E-state index is -2.23. The predicted molar refractivity (Wildman–Crippen MR) is 95.9 cm³/mol. The molecule has 1 aliphatic rings. The SMILES string of the molecule is CC(C)=CC[C@@H](O)[C@]1(O)C(=O)C(C(=O)C(C)C)C(=O)[C@@H]1CC=C(C)C. The van der Waals surface area contributed by atoms with Gasteiger partial charge in [-0.25, -0.2) is 0 Å². The van der Waals surface area contributed by atoms with E-state index in [-0.39, 0.29) is 12.8 Å². The summed E-state index contributed by atoms with van der Waals surface area (Å²) >= 11 is 0. The van der Waals surface area contributed by atoms with E-state index in [2.05, 4.69) is 0 Å². The second-order valence-electron chi connectivity index (χ2n) is 7.68. The Bertz CT molecular complexity index is 606. The van der Waals surface area contributed by atoms with Gasteiger partial charge in [0.05, 0.1) is 12.0 Å². The molecule has 0 saturated heterocycles. The molecule has 0 radical (unpaired) electrons. The third-order valence-corrected chi connectivity index (χ3v) is 4.69. The highest BCUT2D eigenvalue weighted by Gasteiger charge is 2.63. The van der Waals surface area contributed by atoms with Crippen LogP contribution in [0.4, 0.5) is 0 Å². The molecule has 140 valence electrons. The monoisotopic (exact) mass is 350 g/mol. The van der Waals surface area contributed by atoms with Crippen molar-refractivity contribution in [1.29, 1.82) is 0 Å². The van der Waals surface area contributed by atoms with Crippen molar-refractivity contribution in [3.05, 3.63) is 23.3 Å². The molecule has 1 saturated carbocycles. The first-order valence-electron chi connectivity index (χ1n) is 8.73. The summed E-state index contributed by atoms with van der Waals surface area (Å²) < 4.78 is 0. The molecule has 0 aromatic heterocycles. The molecule has 0 aromatic rings. The topological polar surface area (TPSA) is 91.7 Å². The van der Waals surface area contributed by atoms with Gasteiger partial charge in [0.15, 0.2) is 23.0 Å². The van der Waals surface area contributed by atoms with E-state index in [1.54, 1.807) is 26.0 Å². The number of hydrogen-bond acceptors (Lipinski definition) is 5. The molecule has 1 fully saturated rings. The van der Waals surface area contributed by atoms with Crippen molar-refractivity contribution in [3.8, 4) is 0 Å². The van der Waals surface area contributed by atoms with Crippen LogP contribution in [0.5, 0.6) is 0 Å². The lowest BCUT2D eigenvalue weighted by Gasteiger charge is -2.31. The maximum Gasteiger partial charge on any atom is 0.185 e. The molecule has 2 N–H and O–H groups in total. The van der Waals surface area contributed by atoms with Crippen LogP contribution in [0.1, 0.15) is 54.4 Å².